The molecule has 19 heavy (non-hydrogen) atoms. The Balaban J connectivity index is 1.92. The Morgan fingerprint density at radius 1 is 1.32 bits per heavy atom. The summed E-state index contributed by atoms with van der Waals surface area (Å²) in [5.41, 5.74) is 3.16. The molecule has 0 amide bonds. The third-order valence-electron chi connectivity index (χ3n) is 3.15. The van der Waals surface area contributed by atoms with Crippen LogP contribution in [-0.4, -0.2) is 16.5 Å². The molecule has 1 aliphatic heterocycles. The number of nitrogens with one attached hydrogen (secondary N) is 1. The fourth-order valence-electron chi connectivity index (χ4n) is 2.16. The van der Waals surface area contributed by atoms with E-state index in [9.17, 15) is 0 Å². The lowest BCUT2D eigenvalue weighted by atomic mass is 10.1. The van der Waals surface area contributed by atoms with Gasteiger partial charge >= 0.3 is 0 Å². The van der Waals surface area contributed by atoms with Crippen molar-refractivity contribution in [3.63, 3.8) is 0 Å². The summed E-state index contributed by atoms with van der Waals surface area (Å²) in [7, 11) is 0. The van der Waals surface area contributed by atoms with E-state index in [-0.39, 0.29) is 0 Å². The Morgan fingerprint density at radius 2 is 2.26 bits per heavy atom. The van der Waals surface area contributed by atoms with Crippen LogP contribution in [0.3, 0.4) is 0 Å². The quantitative estimate of drug-likeness (QED) is 0.913. The van der Waals surface area contributed by atoms with E-state index in [1.54, 1.807) is 12.4 Å². The highest BCUT2D eigenvalue weighted by Crippen LogP contribution is 2.26. The lowest BCUT2D eigenvalue weighted by molar-refractivity contribution is 0.445. The molecule has 0 bridgehead atoms. The zero-order valence-corrected chi connectivity index (χ0v) is 10.6. The van der Waals surface area contributed by atoms with Crippen molar-refractivity contribution in [3.05, 3.63) is 54.0 Å². The van der Waals surface area contributed by atoms with Crippen LogP contribution in [0.5, 0.6) is 11.6 Å². The van der Waals surface area contributed by atoms with Gasteiger partial charge in [0, 0.05) is 12.1 Å². The maximum atomic E-state index is 5.89. The molecule has 1 aromatic carbocycles. The number of fused-ring (bicyclic) bond motifs is 1. The molecule has 4 nitrogen and oxygen atoms in total. The Kier molecular flexibility index (Phi) is 3.25. The fourth-order valence-corrected chi connectivity index (χ4v) is 2.16. The van der Waals surface area contributed by atoms with E-state index in [1.165, 1.54) is 0 Å². The van der Waals surface area contributed by atoms with Gasteiger partial charge in [0.05, 0.1) is 5.69 Å². The molecular weight excluding hydrogens is 238 g/mol. The molecule has 0 atom stereocenters. The van der Waals surface area contributed by atoms with Gasteiger partial charge in [-0.3, -0.25) is 0 Å². The predicted molar refractivity (Wildman–Crippen MR) is 74.0 cm³/mol. The van der Waals surface area contributed by atoms with E-state index in [2.05, 4.69) is 21.9 Å². The smallest absolute Gasteiger partial charge is 0.225 e. The molecule has 0 radical (unpaired) electrons. The SMILES string of the molecule is C=Cc1cccc(Oc2ncnc3c2CCNC3)c1. The Labute approximate surface area is 112 Å². The van der Waals surface area contributed by atoms with E-state index >= 15 is 0 Å². The molecule has 1 aromatic heterocycles. The second-order valence-corrected chi connectivity index (χ2v) is 4.41. The predicted octanol–water partition coefficient (Wildman–Crippen LogP) is 2.56. The highest BCUT2D eigenvalue weighted by Gasteiger charge is 2.16. The summed E-state index contributed by atoms with van der Waals surface area (Å²) >= 11 is 0. The molecule has 3 rings (SSSR count). The third-order valence-corrected chi connectivity index (χ3v) is 3.15. The highest BCUT2D eigenvalue weighted by atomic mass is 16.5. The van der Waals surface area contributed by atoms with Crippen molar-refractivity contribution in [2.24, 2.45) is 0 Å². The van der Waals surface area contributed by atoms with Gasteiger partial charge in [0.2, 0.25) is 5.88 Å². The van der Waals surface area contributed by atoms with Crippen LogP contribution < -0.4 is 10.1 Å². The van der Waals surface area contributed by atoms with Gasteiger partial charge in [-0.05, 0) is 30.7 Å². The number of nitrogens with zero attached hydrogens (tertiary/aromatic N) is 2. The van der Waals surface area contributed by atoms with E-state index in [0.29, 0.717) is 5.88 Å². The minimum absolute atomic E-state index is 0.660. The number of hydrogen-bond acceptors (Lipinski definition) is 4. The first-order chi connectivity index (χ1) is 9.36. The van der Waals surface area contributed by atoms with Gasteiger partial charge in [0.25, 0.3) is 0 Å². The van der Waals surface area contributed by atoms with E-state index in [1.807, 2.05) is 24.3 Å². The number of rotatable bonds is 3. The van der Waals surface area contributed by atoms with E-state index in [0.717, 1.165) is 42.1 Å². The van der Waals surface area contributed by atoms with Gasteiger partial charge in [-0.15, -0.1) is 0 Å². The van der Waals surface area contributed by atoms with Crippen molar-refractivity contribution < 1.29 is 4.74 Å². The van der Waals surface area contributed by atoms with Crippen molar-refractivity contribution in [1.29, 1.82) is 0 Å². The molecule has 2 heterocycles. The van der Waals surface area contributed by atoms with Crippen LogP contribution >= 0.6 is 0 Å². The van der Waals surface area contributed by atoms with Crippen molar-refractivity contribution in [2.75, 3.05) is 6.54 Å². The van der Waals surface area contributed by atoms with Gasteiger partial charge < -0.3 is 10.1 Å². The van der Waals surface area contributed by atoms with Crippen molar-refractivity contribution in [3.8, 4) is 11.6 Å². The minimum Gasteiger partial charge on any atom is -0.439 e. The van der Waals surface area contributed by atoms with Crippen molar-refractivity contribution in [2.45, 2.75) is 13.0 Å². The Bertz CT molecular complexity index is 610. The summed E-state index contributed by atoms with van der Waals surface area (Å²) in [6.45, 7) is 5.47. The summed E-state index contributed by atoms with van der Waals surface area (Å²) in [4.78, 5) is 8.54. The topological polar surface area (TPSA) is 47.0 Å². The lowest BCUT2D eigenvalue weighted by Crippen LogP contribution is -2.25. The minimum atomic E-state index is 0.660. The molecule has 0 unspecified atom stereocenters. The van der Waals surface area contributed by atoms with Gasteiger partial charge in [0.15, 0.2) is 0 Å². The number of hydrogen-bond donors (Lipinski definition) is 1. The second kappa shape index (κ2) is 5.20. The molecule has 96 valence electrons. The molecule has 4 heteroatoms. The van der Waals surface area contributed by atoms with Crippen LogP contribution in [0.25, 0.3) is 6.08 Å². The molecule has 0 fully saturated rings. The third kappa shape index (κ3) is 2.48. The van der Waals surface area contributed by atoms with E-state index in [4.69, 9.17) is 4.74 Å². The molecule has 1 aliphatic rings. The molecule has 0 spiro atoms. The first kappa shape index (κ1) is 11.9. The number of aromatic nitrogens is 2. The van der Waals surface area contributed by atoms with Gasteiger partial charge in [0.1, 0.15) is 12.1 Å². The van der Waals surface area contributed by atoms with Crippen LogP contribution in [0.1, 0.15) is 16.8 Å². The molecule has 2 aromatic rings. The zero-order valence-electron chi connectivity index (χ0n) is 10.6. The van der Waals surface area contributed by atoms with Crippen LogP contribution in [0, 0.1) is 0 Å². The standard InChI is InChI=1S/C15H15N3O/c1-2-11-4-3-5-12(8-11)19-15-13-6-7-16-9-14(13)17-10-18-15/h2-5,8,10,16H,1,6-7,9H2. The largest absolute Gasteiger partial charge is 0.439 e. The summed E-state index contributed by atoms with van der Waals surface area (Å²) < 4.78 is 5.89. The molecule has 0 saturated heterocycles. The van der Waals surface area contributed by atoms with Gasteiger partial charge in [-0.25, -0.2) is 9.97 Å². The summed E-state index contributed by atoms with van der Waals surface area (Å²) in [5.74, 6) is 1.43. The first-order valence-corrected chi connectivity index (χ1v) is 6.30. The average Bonchev–Trinajstić information content (AvgIpc) is 2.48. The first-order valence-electron chi connectivity index (χ1n) is 6.30. The number of ether oxygens (including phenoxy) is 1. The molecular formula is C15H15N3O. The maximum Gasteiger partial charge on any atom is 0.225 e. The highest BCUT2D eigenvalue weighted by molar-refractivity contribution is 5.50. The summed E-state index contributed by atoms with van der Waals surface area (Å²) in [6, 6.07) is 7.80. The Morgan fingerprint density at radius 3 is 3.16 bits per heavy atom. The Hall–Kier alpha value is -2.20. The molecule has 0 saturated carbocycles. The fraction of sp³-hybridized carbons (Fsp3) is 0.200. The van der Waals surface area contributed by atoms with Crippen LogP contribution in [0.15, 0.2) is 37.2 Å². The average molecular weight is 253 g/mol. The van der Waals surface area contributed by atoms with Gasteiger partial charge in [-0.2, -0.15) is 0 Å². The second-order valence-electron chi connectivity index (χ2n) is 4.41. The van der Waals surface area contributed by atoms with Crippen LogP contribution in [-0.2, 0) is 13.0 Å². The van der Waals surface area contributed by atoms with E-state index < -0.39 is 0 Å². The monoisotopic (exact) mass is 253 g/mol. The zero-order chi connectivity index (χ0) is 13.1. The van der Waals surface area contributed by atoms with Crippen molar-refractivity contribution in [1.82, 2.24) is 15.3 Å². The maximum absolute atomic E-state index is 5.89. The van der Waals surface area contributed by atoms with Gasteiger partial charge in [-0.1, -0.05) is 24.8 Å². The normalized spacial score (nSPS) is 13.7. The molecule has 0 aliphatic carbocycles. The summed E-state index contributed by atoms with van der Waals surface area (Å²) in [6.07, 6.45) is 4.25. The van der Waals surface area contributed by atoms with Crippen LogP contribution in [0.2, 0.25) is 0 Å². The lowest BCUT2D eigenvalue weighted by Gasteiger charge is -2.18. The van der Waals surface area contributed by atoms with Crippen LogP contribution in [0.4, 0.5) is 0 Å². The van der Waals surface area contributed by atoms with Crippen molar-refractivity contribution >= 4 is 6.08 Å². The summed E-state index contributed by atoms with van der Waals surface area (Å²) in [5, 5.41) is 3.29. The number of benzene rings is 1. The molecule has 1 N–H and O–H groups in total.